The molecule has 1 aliphatic carbocycles. The summed E-state index contributed by atoms with van der Waals surface area (Å²) < 4.78 is 0. The van der Waals surface area contributed by atoms with Gasteiger partial charge in [-0.15, -0.1) is 0 Å². The van der Waals surface area contributed by atoms with E-state index in [-0.39, 0.29) is 11.8 Å². The second kappa shape index (κ2) is 5.36. The summed E-state index contributed by atoms with van der Waals surface area (Å²) in [6.07, 6.45) is 6.55. The largest absolute Gasteiger partial charge is 0.369 e. The zero-order chi connectivity index (χ0) is 12.3. The van der Waals surface area contributed by atoms with Gasteiger partial charge in [0, 0.05) is 37.6 Å². The first-order valence-electron chi connectivity index (χ1n) is 6.89. The molecule has 1 unspecified atom stereocenters. The lowest BCUT2D eigenvalue weighted by Gasteiger charge is -2.50. The molecule has 3 N–H and O–H groups in total. The molecule has 0 radical (unpaired) electrons. The minimum Gasteiger partial charge on any atom is -0.369 e. The van der Waals surface area contributed by atoms with Crippen molar-refractivity contribution in [3.63, 3.8) is 0 Å². The zero-order valence-corrected chi connectivity index (χ0v) is 10.9. The second-order valence-electron chi connectivity index (χ2n) is 5.71. The van der Waals surface area contributed by atoms with Gasteiger partial charge in [0.1, 0.15) is 0 Å². The quantitative estimate of drug-likeness (QED) is 0.763. The van der Waals surface area contributed by atoms with Gasteiger partial charge >= 0.3 is 0 Å². The maximum Gasteiger partial charge on any atom is 0.221 e. The Bertz CT molecular complexity index is 266. The number of hydrogen-bond donors (Lipinski definition) is 2. The summed E-state index contributed by atoms with van der Waals surface area (Å²) in [5, 5.41) is 3.52. The third-order valence-corrected chi connectivity index (χ3v) is 4.45. The van der Waals surface area contributed by atoms with E-state index in [1.807, 2.05) is 6.92 Å². The number of hydrogen-bond acceptors (Lipinski definition) is 3. The molecular weight excluding hydrogens is 214 g/mol. The molecule has 0 aromatic carbocycles. The Labute approximate surface area is 104 Å². The third kappa shape index (κ3) is 2.80. The smallest absolute Gasteiger partial charge is 0.221 e. The van der Waals surface area contributed by atoms with Gasteiger partial charge in [-0.1, -0.05) is 26.2 Å². The second-order valence-corrected chi connectivity index (χ2v) is 5.71. The van der Waals surface area contributed by atoms with Gasteiger partial charge in [0.2, 0.25) is 5.91 Å². The Balaban J connectivity index is 2.03. The zero-order valence-electron chi connectivity index (χ0n) is 10.9. The summed E-state index contributed by atoms with van der Waals surface area (Å²) in [4.78, 5) is 13.7. The van der Waals surface area contributed by atoms with Crippen LogP contribution in [0.3, 0.4) is 0 Å². The number of primary amides is 1. The number of carbonyl (C=O) groups is 1. The Hall–Kier alpha value is -0.610. The Morgan fingerprint density at radius 3 is 2.76 bits per heavy atom. The van der Waals surface area contributed by atoms with Crippen LogP contribution in [0.2, 0.25) is 0 Å². The van der Waals surface area contributed by atoms with Gasteiger partial charge in [-0.2, -0.15) is 0 Å². The van der Waals surface area contributed by atoms with Crippen LogP contribution in [0.25, 0.3) is 0 Å². The standard InChI is InChI=1S/C13H25N3O/c1-11(12(14)17)9-16-8-7-15-10-13(16)5-3-2-4-6-13/h11,15H,2-10H2,1H3,(H2,14,17). The fourth-order valence-electron chi connectivity index (χ4n) is 3.29. The molecule has 1 saturated heterocycles. The fraction of sp³-hybridized carbons (Fsp3) is 0.923. The van der Waals surface area contributed by atoms with Gasteiger partial charge < -0.3 is 11.1 Å². The molecule has 98 valence electrons. The molecule has 0 aromatic heterocycles. The predicted molar refractivity (Wildman–Crippen MR) is 68.6 cm³/mol. The highest BCUT2D eigenvalue weighted by Gasteiger charge is 2.40. The number of nitrogens with two attached hydrogens (primary N) is 1. The third-order valence-electron chi connectivity index (χ3n) is 4.45. The van der Waals surface area contributed by atoms with Crippen LogP contribution in [-0.4, -0.2) is 42.5 Å². The van der Waals surface area contributed by atoms with E-state index in [0.717, 1.165) is 26.2 Å². The average molecular weight is 239 g/mol. The van der Waals surface area contributed by atoms with Gasteiger partial charge in [-0.25, -0.2) is 0 Å². The molecule has 1 spiro atoms. The Morgan fingerprint density at radius 2 is 2.12 bits per heavy atom. The van der Waals surface area contributed by atoms with Crippen LogP contribution in [0.5, 0.6) is 0 Å². The molecule has 0 aromatic rings. The van der Waals surface area contributed by atoms with Gasteiger partial charge in [-0.05, 0) is 12.8 Å². The molecule has 2 fully saturated rings. The van der Waals surface area contributed by atoms with E-state index in [1.54, 1.807) is 0 Å². The van der Waals surface area contributed by atoms with Crippen molar-refractivity contribution in [2.24, 2.45) is 11.7 Å². The number of nitrogens with zero attached hydrogens (tertiary/aromatic N) is 1. The van der Waals surface area contributed by atoms with Crippen LogP contribution in [0.1, 0.15) is 39.0 Å². The molecule has 17 heavy (non-hydrogen) atoms. The van der Waals surface area contributed by atoms with Crippen molar-refractivity contribution in [3.8, 4) is 0 Å². The van der Waals surface area contributed by atoms with E-state index < -0.39 is 0 Å². The molecule has 1 aliphatic heterocycles. The molecule has 1 heterocycles. The summed E-state index contributed by atoms with van der Waals surface area (Å²) in [5.41, 5.74) is 5.70. The number of rotatable bonds is 3. The summed E-state index contributed by atoms with van der Waals surface area (Å²) >= 11 is 0. The SMILES string of the molecule is CC(CN1CCNCC12CCCCC2)C(N)=O. The van der Waals surface area contributed by atoms with Crippen molar-refractivity contribution < 1.29 is 4.79 Å². The fourth-order valence-corrected chi connectivity index (χ4v) is 3.29. The molecule has 1 amide bonds. The maximum absolute atomic E-state index is 11.2. The van der Waals surface area contributed by atoms with Crippen molar-refractivity contribution in [2.75, 3.05) is 26.2 Å². The topological polar surface area (TPSA) is 58.4 Å². The van der Waals surface area contributed by atoms with E-state index in [0.29, 0.717) is 5.54 Å². The van der Waals surface area contributed by atoms with Gasteiger partial charge in [0.05, 0.1) is 0 Å². The van der Waals surface area contributed by atoms with E-state index in [2.05, 4.69) is 10.2 Å². The number of amides is 1. The van der Waals surface area contributed by atoms with Crippen molar-refractivity contribution >= 4 is 5.91 Å². The Morgan fingerprint density at radius 1 is 1.41 bits per heavy atom. The van der Waals surface area contributed by atoms with Crippen molar-refractivity contribution in [2.45, 2.75) is 44.6 Å². The van der Waals surface area contributed by atoms with E-state index in [9.17, 15) is 4.79 Å². The van der Waals surface area contributed by atoms with Gasteiger partial charge in [-0.3, -0.25) is 9.69 Å². The summed E-state index contributed by atoms with van der Waals surface area (Å²) in [6, 6.07) is 0. The van der Waals surface area contributed by atoms with Gasteiger partial charge in [0.15, 0.2) is 0 Å². The van der Waals surface area contributed by atoms with E-state index >= 15 is 0 Å². The van der Waals surface area contributed by atoms with E-state index in [4.69, 9.17) is 5.73 Å². The monoisotopic (exact) mass is 239 g/mol. The van der Waals surface area contributed by atoms with Crippen LogP contribution >= 0.6 is 0 Å². The highest BCUT2D eigenvalue weighted by molar-refractivity contribution is 5.76. The van der Waals surface area contributed by atoms with Crippen LogP contribution in [0.15, 0.2) is 0 Å². The summed E-state index contributed by atoms with van der Waals surface area (Å²) in [6.45, 7) is 5.95. The molecule has 4 nitrogen and oxygen atoms in total. The number of nitrogens with one attached hydrogen (secondary N) is 1. The lowest BCUT2D eigenvalue weighted by atomic mass is 9.78. The first-order valence-corrected chi connectivity index (χ1v) is 6.89. The van der Waals surface area contributed by atoms with Crippen molar-refractivity contribution in [3.05, 3.63) is 0 Å². The molecule has 0 bridgehead atoms. The molecule has 2 aliphatic rings. The Kier molecular flexibility index (Phi) is 4.05. The highest BCUT2D eigenvalue weighted by Crippen LogP contribution is 2.34. The normalized spacial score (nSPS) is 26.9. The minimum atomic E-state index is -0.172. The summed E-state index contributed by atoms with van der Waals surface area (Å²) in [7, 11) is 0. The van der Waals surface area contributed by atoms with Crippen molar-refractivity contribution in [1.29, 1.82) is 0 Å². The van der Waals surface area contributed by atoms with Crippen LogP contribution in [0, 0.1) is 5.92 Å². The lowest BCUT2D eigenvalue weighted by Crippen LogP contribution is -2.63. The maximum atomic E-state index is 11.2. The number of piperazine rings is 1. The van der Waals surface area contributed by atoms with Crippen LogP contribution < -0.4 is 11.1 Å². The van der Waals surface area contributed by atoms with Crippen LogP contribution in [-0.2, 0) is 4.79 Å². The number of carbonyl (C=O) groups excluding carboxylic acids is 1. The van der Waals surface area contributed by atoms with E-state index in [1.165, 1.54) is 32.1 Å². The lowest BCUT2D eigenvalue weighted by molar-refractivity contribution is -0.122. The molecule has 1 saturated carbocycles. The van der Waals surface area contributed by atoms with Gasteiger partial charge in [0.25, 0.3) is 0 Å². The van der Waals surface area contributed by atoms with Crippen molar-refractivity contribution in [1.82, 2.24) is 10.2 Å². The molecule has 2 rings (SSSR count). The minimum absolute atomic E-state index is 0.0353. The molecule has 1 atom stereocenters. The predicted octanol–water partition coefficient (Wildman–Crippen LogP) is 0.716. The molecular formula is C13H25N3O. The first kappa shape index (κ1) is 12.8. The van der Waals surface area contributed by atoms with Crippen LogP contribution in [0.4, 0.5) is 0 Å². The summed E-state index contributed by atoms with van der Waals surface area (Å²) in [5.74, 6) is -0.207. The highest BCUT2D eigenvalue weighted by atomic mass is 16.1. The average Bonchev–Trinajstić information content (AvgIpc) is 2.33. The first-order chi connectivity index (χ1) is 8.14. The molecule has 4 heteroatoms.